The van der Waals surface area contributed by atoms with Crippen LogP contribution < -0.4 is 15.4 Å². The van der Waals surface area contributed by atoms with Gasteiger partial charge in [0.05, 0.1) is 48.3 Å². The summed E-state index contributed by atoms with van der Waals surface area (Å²) in [6, 6.07) is 6.28. The Bertz CT molecular complexity index is 1320. The number of anilines is 1. The second-order valence-electron chi connectivity index (χ2n) is 9.57. The van der Waals surface area contributed by atoms with Crippen molar-refractivity contribution in [2.24, 2.45) is 5.73 Å². The lowest BCUT2D eigenvalue weighted by Crippen LogP contribution is -2.64. The van der Waals surface area contributed by atoms with E-state index in [1.165, 1.54) is 0 Å². The minimum atomic E-state index is -0.266. The summed E-state index contributed by atoms with van der Waals surface area (Å²) in [6.07, 6.45) is 7.71. The number of piperidine rings is 1. The summed E-state index contributed by atoms with van der Waals surface area (Å²) >= 11 is 0. The Balaban J connectivity index is 1.24. The molecule has 6 rings (SSSR count). The van der Waals surface area contributed by atoms with Crippen molar-refractivity contribution < 1.29 is 9.47 Å². The maximum absolute atomic E-state index is 6.85. The van der Waals surface area contributed by atoms with Gasteiger partial charge in [0.15, 0.2) is 5.65 Å². The molecule has 1 atom stereocenters. The third kappa shape index (κ3) is 4.01. The van der Waals surface area contributed by atoms with E-state index in [2.05, 4.69) is 50.2 Å². The van der Waals surface area contributed by atoms with Gasteiger partial charge in [-0.25, -0.2) is 9.50 Å². The van der Waals surface area contributed by atoms with Gasteiger partial charge in [0, 0.05) is 43.5 Å². The zero-order valence-electron chi connectivity index (χ0n) is 20.3. The van der Waals surface area contributed by atoms with Crippen LogP contribution in [0.3, 0.4) is 0 Å². The molecule has 0 saturated carbocycles. The summed E-state index contributed by atoms with van der Waals surface area (Å²) in [6.45, 7) is 9.02. The molecule has 2 saturated heterocycles. The molecule has 10 nitrogen and oxygen atoms in total. The number of fused-ring (bicyclic) bond motifs is 3. The minimum absolute atomic E-state index is 0.239. The van der Waals surface area contributed by atoms with Crippen molar-refractivity contribution in [1.82, 2.24) is 29.7 Å². The molecule has 184 valence electrons. The van der Waals surface area contributed by atoms with E-state index in [-0.39, 0.29) is 11.8 Å². The second kappa shape index (κ2) is 8.78. The first-order chi connectivity index (χ1) is 17.0. The van der Waals surface area contributed by atoms with Crippen molar-refractivity contribution in [2.75, 3.05) is 44.3 Å². The van der Waals surface area contributed by atoms with Gasteiger partial charge in [0.1, 0.15) is 11.6 Å². The zero-order chi connectivity index (χ0) is 24.0. The number of pyridine rings is 2. The van der Waals surface area contributed by atoms with Gasteiger partial charge in [-0.2, -0.15) is 5.10 Å². The largest absolute Gasteiger partial charge is 0.492 e. The Morgan fingerprint density at radius 2 is 2.09 bits per heavy atom. The molecule has 4 aromatic rings. The number of H-pyrrole nitrogens is 1. The summed E-state index contributed by atoms with van der Waals surface area (Å²) in [7, 11) is 0. The molecule has 3 N–H and O–H groups in total. The fourth-order valence-corrected chi connectivity index (χ4v) is 5.40. The molecule has 2 aliphatic rings. The summed E-state index contributed by atoms with van der Waals surface area (Å²) in [5.41, 5.74) is 10.3. The smallest absolute Gasteiger partial charge is 0.178 e. The van der Waals surface area contributed by atoms with Crippen molar-refractivity contribution in [3.8, 4) is 16.9 Å². The molecule has 10 heteroatoms. The Morgan fingerprint density at radius 3 is 2.83 bits per heavy atom. The van der Waals surface area contributed by atoms with E-state index in [1.54, 1.807) is 0 Å². The van der Waals surface area contributed by atoms with Gasteiger partial charge in [-0.05, 0) is 44.9 Å². The van der Waals surface area contributed by atoms with E-state index in [4.69, 9.17) is 20.2 Å². The van der Waals surface area contributed by atoms with Crippen molar-refractivity contribution in [3.63, 3.8) is 0 Å². The average Bonchev–Trinajstić information content (AvgIpc) is 3.46. The van der Waals surface area contributed by atoms with Gasteiger partial charge < -0.3 is 20.1 Å². The highest BCUT2D eigenvalue weighted by molar-refractivity contribution is 6.00. The average molecular weight is 477 g/mol. The van der Waals surface area contributed by atoms with Crippen LogP contribution in [0.15, 0.2) is 36.8 Å². The van der Waals surface area contributed by atoms with Gasteiger partial charge in [0.25, 0.3) is 0 Å². The summed E-state index contributed by atoms with van der Waals surface area (Å²) in [5, 5.41) is 12.7. The highest BCUT2D eigenvalue weighted by atomic mass is 16.5. The van der Waals surface area contributed by atoms with E-state index in [0.717, 1.165) is 84.9 Å². The number of nitrogens with two attached hydrogens (primary N) is 1. The Kier molecular flexibility index (Phi) is 5.58. The monoisotopic (exact) mass is 476 g/mol. The molecule has 0 spiro atoms. The van der Waals surface area contributed by atoms with Crippen molar-refractivity contribution in [3.05, 3.63) is 36.8 Å². The van der Waals surface area contributed by atoms with Crippen molar-refractivity contribution >= 4 is 22.4 Å². The SMILES string of the molecule is CCOc1cc(-c2ccc(N3CCC(N)(N4CCOC(C)C4)CC3)nc2)c2c3cn[nH]c3nn2c1. The van der Waals surface area contributed by atoms with Gasteiger partial charge in [-0.3, -0.25) is 10.00 Å². The van der Waals surface area contributed by atoms with Crippen LogP contribution in [0.2, 0.25) is 0 Å². The molecule has 0 radical (unpaired) electrons. The van der Waals surface area contributed by atoms with Crippen molar-refractivity contribution in [1.29, 1.82) is 0 Å². The van der Waals surface area contributed by atoms with Crippen LogP contribution in [0, 0.1) is 0 Å². The first kappa shape index (κ1) is 22.3. The standard InChI is InChI=1S/C25H32N8O2/c1-3-34-19-12-20(23-21-14-28-29-24(21)30-33(23)16-19)18-4-5-22(27-13-18)31-8-6-25(26,7-9-31)32-10-11-35-17(2)15-32/h4-5,12-14,16-17H,3,6-11,15,26H2,1-2H3,(H,29,30). The second-order valence-corrected chi connectivity index (χ2v) is 9.57. The highest BCUT2D eigenvalue weighted by Gasteiger charge is 2.38. The molecule has 0 amide bonds. The number of morpholine rings is 1. The number of hydrogen-bond acceptors (Lipinski definition) is 8. The number of nitrogens with zero attached hydrogens (tertiary/aromatic N) is 6. The normalized spacial score (nSPS) is 21.1. The fourth-order valence-electron chi connectivity index (χ4n) is 5.40. The molecule has 2 aliphatic heterocycles. The number of nitrogens with one attached hydrogen (secondary N) is 1. The van der Waals surface area contributed by atoms with Crippen LogP contribution in [0.5, 0.6) is 5.75 Å². The van der Waals surface area contributed by atoms with Crippen molar-refractivity contribution in [2.45, 2.75) is 38.5 Å². The number of aromatic amines is 1. The van der Waals surface area contributed by atoms with E-state index >= 15 is 0 Å². The fraction of sp³-hybridized carbons (Fsp3) is 0.480. The highest BCUT2D eigenvalue weighted by Crippen LogP contribution is 2.34. The maximum Gasteiger partial charge on any atom is 0.178 e. The van der Waals surface area contributed by atoms with Crippen LogP contribution in [-0.4, -0.2) is 80.9 Å². The Morgan fingerprint density at radius 1 is 1.23 bits per heavy atom. The van der Waals surface area contributed by atoms with Crippen LogP contribution in [0.1, 0.15) is 26.7 Å². The number of rotatable bonds is 5. The third-order valence-corrected chi connectivity index (χ3v) is 7.30. The first-order valence-corrected chi connectivity index (χ1v) is 12.4. The molecule has 0 bridgehead atoms. The number of aromatic nitrogens is 5. The topological polar surface area (TPSA) is 110 Å². The van der Waals surface area contributed by atoms with Gasteiger partial charge in [-0.15, -0.1) is 5.10 Å². The number of ether oxygens (including phenoxy) is 2. The summed E-state index contributed by atoms with van der Waals surface area (Å²) in [5.74, 6) is 1.75. The lowest BCUT2D eigenvalue weighted by Gasteiger charge is -2.49. The molecule has 35 heavy (non-hydrogen) atoms. The quantitative estimate of drug-likeness (QED) is 0.452. The molecule has 4 aromatic heterocycles. The van der Waals surface area contributed by atoms with Gasteiger partial charge >= 0.3 is 0 Å². The molecule has 0 aliphatic carbocycles. The van der Waals surface area contributed by atoms with Crippen LogP contribution >= 0.6 is 0 Å². The summed E-state index contributed by atoms with van der Waals surface area (Å²) in [4.78, 5) is 9.59. The zero-order valence-corrected chi connectivity index (χ0v) is 20.3. The lowest BCUT2D eigenvalue weighted by molar-refractivity contribution is -0.0680. The third-order valence-electron chi connectivity index (χ3n) is 7.30. The Labute approximate surface area is 204 Å². The molecular formula is C25H32N8O2. The minimum Gasteiger partial charge on any atom is -0.492 e. The predicted octanol–water partition coefficient (Wildman–Crippen LogP) is 2.65. The molecule has 2 fully saturated rings. The number of hydrogen-bond donors (Lipinski definition) is 2. The first-order valence-electron chi connectivity index (χ1n) is 12.4. The summed E-state index contributed by atoms with van der Waals surface area (Å²) < 4.78 is 13.4. The molecular weight excluding hydrogens is 444 g/mol. The van der Waals surface area contributed by atoms with Gasteiger partial charge in [-0.1, -0.05) is 0 Å². The molecule has 0 aromatic carbocycles. The van der Waals surface area contributed by atoms with E-state index < -0.39 is 0 Å². The van der Waals surface area contributed by atoms with E-state index in [0.29, 0.717) is 6.61 Å². The van der Waals surface area contributed by atoms with Crippen LogP contribution in [0.4, 0.5) is 5.82 Å². The molecule has 6 heterocycles. The van der Waals surface area contributed by atoms with E-state index in [9.17, 15) is 0 Å². The van der Waals surface area contributed by atoms with Crippen LogP contribution in [0.25, 0.3) is 27.7 Å². The van der Waals surface area contributed by atoms with Crippen LogP contribution in [-0.2, 0) is 4.74 Å². The van der Waals surface area contributed by atoms with E-state index in [1.807, 2.05) is 30.0 Å². The Hall–Kier alpha value is -3.21. The lowest BCUT2D eigenvalue weighted by atomic mass is 9.94. The van der Waals surface area contributed by atoms with Gasteiger partial charge in [0.2, 0.25) is 0 Å². The molecule has 1 unspecified atom stereocenters. The predicted molar refractivity (Wildman–Crippen MR) is 135 cm³/mol. The maximum atomic E-state index is 6.85.